The number of thioether (sulfide) groups is 1. The van der Waals surface area contributed by atoms with Crippen LogP contribution < -0.4 is 4.90 Å². The minimum absolute atomic E-state index is 0.341. The second-order valence-electron chi connectivity index (χ2n) is 5.16. The third-order valence-corrected chi connectivity index (χ3v) is 4.62. The maximum atomic E-state index is 5.77. The molecule has 0 spiro atoms. The molecule has 2 fully saturated rings. The van der Waals surface area contributed by atoms with Gasteiger partial charge >= 0.3 is 0 Å². The largest absolute Gasteiger partial charge is 0.376 e. The molecule has 1 aromatic rings. The van der Waals surface area contributed by atoms with E-state index in [9.17, 15) is 0 Å². The zero-order valence-electron chi connectivity index (χ0n) is 11.5. The average molecular weight is 282 g/mol. The van der Waals surface area contributed by atoms with Crippen molar-refractivity contribution in [1.82, 2.24) is 14.8 Å². The van der Waals surface area contributed by atoms with Gasteiger partial charge in [-0.05, 0) is 31.4 Å². The summed E-state index contributed by atoms with van der Waals surface area (Å²) in [6.45, 7) is 6.19. The van der Waals surface area contributed by atoms with Gasteiger partial charge in [0, 0.05) is 19.7 Å². The maximum absolute atomic E-state index is 5.77. The Morgan fingerprint density at radius 1 is 1.26 bits per heavy atom. The molecule has 6 heteroatoms. The minimum Gasteiger partial charge on any atom is -0.376 e. The Morgan fingerprint density at radius 2 is 2.11 bits per heavy atom. The van der Waals surface area contributed by atoms with Crippen molar-refractivity contribution in [3.8, 4) is 0 Å². The molecule has 0 saturated carbocycles. The Labute approximate surface area is 118 Å². The van der Waals surface area contributed by atoms with E-state index in [2.05, 4.69) is 26.6 Å². The van der Waals surface area contributed by atoms with E-state index in [-0.39, 0.29) is 0 Å². The Kier molecular flexibility index (Phi) is 4.28. The van der Waals surface area contributed by atoms with Crippen LogP contribution in [0.25, 0.3) is 0 Å². The van der Waals surface area contributed by atoms with Gasteiger partial charge in [-0.15, -0.1) is 10.2 Å². The topological polar surface area (TPSA) is 43.2 Å². The van der Waals surface area contributed by atoms with Gasteiger partial charge in [-0.25, -0.2) is 0 Å². The quantitative estimate of drug-likeness (QED) is 0.774. The molecule has 0 bridgehead atoms. The van der Waals surface area contributed by atoms with Gasteiger partial charge in [-0.2, -0.15) is 0 Å². The summed E-state index contributed by atoms with van der Waals surface area (Å²) in [5, 5.41) is 9.83. The summed E-state index contributed by atoms with van der Waals surface area (Å²) in [7, 11) is 0. The maximum Gasteiger partial charge on any atom is 0.228 e. The summed E-state index contributed by atoms with van der Waals surface area (Å²) in [6, 6.07) is 0. The number of anilines is 1. The molecule has 3 rings (SSSR count). The highest BCUT2D eigenvalue weighted by Gasteiger charge is 2.24. The Hall–Kier alpha value is -0.750. The average Bonchev–Trinajstić information content (AvgIpc) is 3.12. The van der Waals surface area contributed by atoms with E-state index in [1.165, 1.54) is 19.3 Å². The first-order valence-electron chi connectivity index (χ1n) is 7.31. The monoisotopic (exact) mass is 282 g/mol. The fourth-order valence-corrected chi connectivity index (χ4v) is 3.49. The molecular weight excluding hydrogens is 260 g/mol. The molecule has 0 aromatic carbocycles. The molecule has 0 radical (unpaired) electrons. The first-order valence-corrected chi connectivity index (χ1v) is 8.29. The van der Waals surface area contributed by atoms with Gasteiger partial charge in [-0.3, -0.25) is 4.57 Å². The third-order valence-electron chi connectivity index (χ3n) is 3.77. The second-order valence-corrected chi connectivity index (χ2v) is 6.39. The van der Waals surface area contributed by atoms with Crippen LogP contribution in [0.2, 0.25) is 0 Å². The van der Waals surface area contributed by atoms with Crippen LogP contribution in [-0.4, -0.2) is 46.3 Å². The summed E-state index contributed by atoms with van der Waals surface area (Å²) in [6.07, 6.45) is 5.22. The highest BCUT2D eigenvalue weighted by molar-refractivity contribution is 7.99. The van der Waals surface area contributed by atoms with Crippen molar-refractivity contribution >= 4 is 17.7 Å². The number of ether oxygens (including phenoxy) is 1. The number of hydrogen-bond donors (Lipinski definition) is 0. The number of hydrogen-bond acceptors (Lipinski definition) is 5. The first-order chi connectivity index (χ1) is 9.38. The highest BCUT2D eigenvalue weighted by atomic mass is 32.2. The molecule has 5 nitrogen and oxygen atoms in total. The van der Waals surface area contributed by atoms with Gasteiger partial charge < -0.3 is 9.64 Å². The molecule has 2 aliphatic rings. The van der Waals surface area contributed by atoms with Gasteiger partial charge in [0.2, 0.25) is 5.95 Å². The molecule has 0 aliphatic carbocycles. The third kappa shape index (κ3) is 2.89. The van der Waals surface area contributed by atoms with E-state index in [0.717, 1.165) is 49.5 Å². The van der Waals surface area contributed by atoms with Crippen LogP contribution in [0.5, 0.6) is 0 Å². The summed E-state index contributed by atoms with van der Waals surface area (Å²) in [5.74, 6) is 2.08. The summed E-state index contributed by atoms with van der Waals surface area (Å²) >= 11 is 1.77. The van der Waals surface area contributed by atoms with Crippen molar-refractivity contribution in [3.05, 3.63) is 0 Å². The van der Waals surface area contributed by atoms with Gasteiger partial charge in [-0.1, -0.05) is 18.7 Å². The predicted molar refractivity (Wildman–Crippen MR) is 76.8 cm³/mol. The molecular formula is C13H22N4OS. The number of rotatable bonds is 5. The van der Waals surface area contributed by atoms with E-state index in [1.807, 2.05) is 0 Å². The summed E-state index contributed by atoms with van der Waals surface area (Å²) < 4.78 is 8.05. The van der Waals surface area contributed by atoms with Crippen LogP contribution in [0.15, 0.2) is 5.16 Å². The van der Waals surface area contributed by atoms with Crippen molar-refractivity contribution in [1.29, 1.82) is 0 Å². The van der Waals surface area contributed by atoms with Crippen LogP contribution in [-0.2, 0) is 11.3 Å². The van der Waals surface area contributed by atoms with Crippen LogP contribution in [0, 0.1) is 0 Å². The molecule has 0 unspecified atom stereocenters. The molecule has 0 N–H and O–H groups in total. The van der Waals surface area contributed by atoms with Crippen molar-refractivity contribution in [3.63, 3.8) is 0 Å². The van der Waals surface area contributed by atoms with Crippen LogP contribution >= 0.6 is 11.8 Å². The molecule has 0 amide bonds. The van der Waals surface area contributed by atoms with E-state index >= 15 is 0 Å². The van der Waals surface area contributed by atoms with Gasteiger partial charge in [0.05, 0.1) is 12.6 Å². The lowest BCUT2D eigenvalue weighted by atomic mass is 10.2. The van der Waals surface area contributed by atoms with Crippen molar-refractivity contribution in [2.45, 2.75) is 50.4 Å². The molecule has 2 aliphatic heterocycles. The summed E-state index contributed by atoms with van der Waals surface area (Å²) in [5.41, 5.74) is 0. The molecule has 1 atom stereocenters. The zero-order chi connectivity index (χ0) is 13.1. The lowest BCUT2D eigenvalue weighted by Gasteiger charge is -2.20. The normalized spacial score (nSPS) is 23.4. The van der Waals surface area contributed by atoms with E-state index < -0.39 is 0 Å². The molecule has 2 saturated heterocycles. The smallest absolute Gasteiger partial charge is 0.228 e. The van der Waals surface area contributed by atoms with Crippen LogP contribution in [0.4, 0.5) is 5.95 Å². The Morgan fingerprint density at radius 3 is 2.79 bits per heavy atom. The number of aromatic nitrogens is 3. The fraction of sp³-hybridized carbons (Fsp3) is 0.846. The lowest BCUT2D eigenvalue weighted by molar-refractivity contribution is 0.0952. The lowest BCUT2D eigenvalue weighted by Crippen LogP contribution is -2.25. The first kappa shape index (κ1) is 13.2. The van der Waals surface area contributed by atoms with Gasteiger partial charge in [0.1, 0.15) is 0 Å². The second kappa shape index (κ2) is 6.13. The van der Waals surface area contributed by atoms with Crippen LogP contribution in [0.3, 0.4) is 0 Å². The molecule has 3 heterocycles. The molecule has 106 valence electrons. The zero-order valence-corrected chi connectivity index (χ0v) is 12.4. The number of nitrogens with zero attached hydrogens (tertiary/aromatic N) is 4. The molecule has 19 heavy (non-hydrogen) atoms. The van der Waals surface area contributed by atoms with Crippen molar-refractivity contribution in [2.24, 2.45) is 0 Å². The fourth-order valence-electron chi connectivity index (χ4n) is 2.82. The van der Waals surface area contributed by atoms with Crippen molar-refractivity contribution in [2.75, 3.05) is 30.3 Å². The van der Waals surface area contributed by atoms with Crippen LogP contribution in [0.1, 0.15) is 32.6 Å². The summed E-state index contributed by atoms with van der Waals surface area (Å²) in [4.78, 5) is 2.36. The SMILES string of the molecule is CCSc1nnc(N2CCCC2)n1C[C@@H]1CCCO1. The van der Waals surface area contributed by atoms with Crippen molar-refractivity contribution < 1.29 is 4.74 Å². The Bertz CT molecular complexity index is 411. The highest BCUT2D eigenvalue weighted by Crippen LogP contribution is 2.26. The Balaban J connectivity index is 1.81. The van der Waals surface area contributed by atoms with Gasteiger partial charge in [0.25, 0.3) is 0 Å². The van der Waals surface area contributed by atoms with E-state index in [1.54, 1.807) is 11.8 Å². The van der Waals surface area contributed by atoms with E-state index in [4.69, 9.17) is 4.74 Å². The standard InChI is InChI=1S/C13H22N4OS/c1-2-19-13-15-14-12(16-7-3-4-8-16)17(13)10-11-6-5-9-18-11/h11H,2-10H2,1H3/t11-/m0/s1. The van der Waals surface area contributed by atoms with Gasteiger partial charge in [0.15, 0.2) is 5.16 Å². The predicted octanol–water partition coefficient (Wildman–Crippen LogP) is 2.17. The van der Waals surface area contributed by atoms with E-state index in [0.29, 0.717) is 6.10 Å². The minimum atomic E-state index is 0.341. The molecule has 1 aromatic heterocycles.